The standard InChI is InChI=1S/C25H29ClN2O7/c1-13(2)27-11-20(30)28(25(27)34)17-6-3-14(4-7-17)9-16-10-15(5-8-18(16)26)24-23(33)22(32)21(31)19(12-29)35-24/h3-8,10,13,19,21-24,29,31-33H,9,11-12H2,1-2H3/t19-,21-,22+,23+,24+/m1/s1. The van der Waals surface area contributed by atoms with Gasteiger partial charge in [-0.15, -0.1) is 0 Å². The maximum atomic E-state index is 12.6. The summed E-state index contributed by atoms with van der Waals surface area (Å²) in [6, 6.07) is 11.7. The van der Waals surface area contributed by atoms with E-state index in [0.717, 1.165) is 11.1 Å². The van der Waals surface area contributed by atoms with E-state index in [1.165, 1.54) is 9.80 Å². The molecule has 0 saturated carbocycles. The summed E-state index contributed by atoms with van der Waals surface area (Å²) in [5.74, 6) is -0.272. The van der Waals surface area contributed by atoms with Crippen LogP contribution in [0.25, 0.3) is 0 Å². The Morgan fingerprint density at radius 1 is 1.03 bits per heavy atom. The second-order valence-electron chi connectivity index (χ2n) is 9.18. The number of hydrogen-bond acceptors (Lipinski definition) is 7. The van der Waals surface area contributed by atoms with E-state index < -0.39 is 37.1 Å². The third kappa shape index (κ3) is 4.93. The van der Waals surface area contributed by atoms with E-state index in [1.54, 1.807) is 30.3 Å². The van der Waals surface area contributed by atoms with Crippen molar-refractivity contribution in [2.75, 3.05) is 18.1 Å². The monoisotopic (exact) mass is 504 g/mol. The molecule has 2 aromatic rings. The van der Waals surface area contributed by atoms with Gasteiger partial charge in [0.15, 0.2) is 0 Å². The Labute approximate surface area is 208 Å². The molecule has 0 aliphatic carbocycles. The number of aliphatic hydroxyl groups is 4. The minimum atomic E-state index is -1.47. The van der Waals surface area contributed by atoms with Gasteiger partial charge < -0.3 is 30.1 Å². The Morgan fingerprint density at radius 2 is 1.71 bits per heavy atom. The van der Waals surface area contributed by atoms with Crippen LogP contribution in [0.3, 0.4) is 0 Å². The van der Waals surface area contributed by atoms with Crippen molar-refractivity contribution in [3.8, 4) is 0 Å². The van der Waals surface area contributed by atoms with Crippen LogP contribution in [0.15, 0.2) is 42.5 Å². The second kappa shape index (κ2) is 10.2. The first-order valence-electron chi connectivity index (χ1n) is 11.4. The summed E-state index contributed by atoms with van der Waals surface area (Å²) >= 11 is 6.41. The van der Waals surface area contributed by atoms with Crippen molar-refractivity contribution in [3.05, 3.63) is 64.2 Å². The SMILES string of the molecule is CC(C)N1CC(=O)N(c2ccc(Cc3cc([C@@H]4O[C@H](CO)[C@@H](O)[C@H](O)[C@@H]4O)ccc3Cl)cc2)C1=O. The Balaban J connectivity index is 1.53. The van der Waals surface area contributed by atoms with Crippen LogP contribution in [0.1, 0.15) is 36.6 Å². The number of anilines is 1. The molecular formula is C25H29ClN2O7. The lowest BCUT2D eigenvalue weighted by Crippen LogP contribution is -2.55. The molecule has 9 nitrogen and oxygen atoms in total. The van der Waals surface area contributed by atoms with Gasteiger partial charge in [0, 0.05) is 11.1 Å². The van der Waals surface area contributed by atoms with Crippen molar-refractivity contribution < 1.29 is 34.8 Å². The molecule has 0 radical (unpaired) electrons. The van der Waals surface area contributed by atoms with Gasteiger partial charge in [0.1, 0.15) is 37.1 Å². The molecule has 0 bridgehead atoms. The molecule has 2 aliphatic rings. The van der Waals surface area contributed by atoms with Crippen LogP contribution in [0.2, 0.25) is 5.02 Å². The molecule has 0 spiro atoms. The number of aliphatic hydroxyl groups excluding tert-OH is 4. The van der Waals surface area contributed by atoms with Crippen LogP contribution in [0.5, 0.6) is 0 Å². The van der Waals surface area contributed by atoms with Crippen molar-refractivity contribution in [1.82, 2.24) is 4.90 Å². The smallest absolute Gasteiger partial charge is 0.332 e. The van der Waals surface area contributed by atoms with Crippen LogP contribution in [0.4, 0.5) is 10.5 Å². The van der Waals surface area contributed by atoms with Crippen LogP contribution < -0.4 is 4.90 Å². The van der Waals surface area contributed by atoms with Crippen molar-refractivity contribution in [2.45, 2.75) is 56.8 Å². The number of amides is 3. The molecule has 0 unspecified atom stereocenters. The van der Waals surface area contributed by atoms with Gasteiger partial charge in [0.05, 0.1) is 12.3 Å². The topological polar surface area (TPSA) is 131 Å². The van der Waals surface area contributed by atoms with Crippen molar-refractivity contribution in [1.29, 1.82) is 0 Å². The van der Waals surface area contributed by atoms with Gasteiger partial charge in [-0.05, 0) is 55.2 Å². The lowest BCUT2D eigenvalue weighted by Gasteiger charge is -2.40. The maximum absolute atomic E-state index is 12.6. The quantitative estimate of drug-likeness (QED) is 0.440. The fraction of sp³-hybridized carbons (Fsp3) is 0.440. The summed E-state index contributed by atoms with van der Waals surface area (Å²) in [7, 11) is 0. The number of nitrogens with zero attached hydrogens (tertiary/aromatic N) is 2. The first kappa shape index (κ1) is 25.6. The Kier molecular flexibility index (Phi) is 7.46. The third-order valence-electron chi connectivity index (χ3n) is 6.50. The number of benzene rings is 2. The van der Waals surface area contributed by atoms with E-state index in [4.69, 9.17) is 16.3 Å². The maximum Gasteiger partial charge on any atom is 0.332 e. The van der Waals surface area contributed by atoms with Gasteiger partial charge in [0.25, 0.3) is 5.91 Å². The van der Waals surface area contributed by atoms with Crippen LogP contribution in [-0.4, -0.2) is 80.9 Å². The highest BCUT2D eigenvalue weighted by Crippen LogP contribution is 2.34. The molecule has 188 valence electrons. The number of ether oxygens (including phenoxy) is 1. The fourth-order valence-electron chi connectivity index (χ4n) is 4.44. The molecular weight excluding hydrogens is 476 g/mol. The molecule has 0 aromatic heterocycles. The first-order chi connectivity index (χ1) is 16.6. The third-order valence-corrected chi connectivity index (χ3v) is 6.86. The van der Waals surface area contributed by atoms with Crippen molar-refractivity contribution in [3.63, 3.8) is 0 Å². The number of carbonyl (C=O) groups is 2. The molecule has 5 atom stereocenters. The fourth-order valence-corrected chi connectivity index (χ4v) is 4.63. The van der Waals surface area contributed by atoms with Crippen molar-refractivity contribution in [2.24, 2.45) is 0 Å². The Morgan fingerprint density at radius 3 is 2.31 bits per heavy atom. The summed E-state index contributed by atoms with van der Waals surface area (Å²) in [5, 5.41) is 40.5. The average Bonchev–Trinajstić information content (AvgIpc) is 3.14. The molecule has 35 heavy (non-hydrogen) atoms. The number of urea groups is 1. The second-order valence-corrected chi connectivity index (χ2v) is 9.58. The van der Waals surface area contributed by atoms with Gasteiger partial charge in [-0.1, -0.05) is 35.9 Å². The molecule has 4 rings (SSSR count). The summed E-state index contributed by atoms with van der Waals surface area (Å²) in [6.45, 7) is 3.27. The highest BCUT2D eigenvalue weighted by molar-refractivity contribution is 6.31. The lowest BCUT2D eigenvalue weighted by molar-refractivity contribution is -0.231. The van der Waals surface area contributed by atoms with Gasteiger partial charge in [0.2, 0.25) is 0 Å². The summed E-state index contributed by atoms with van der Waals surface area (Å²) in [4.78, 5) is 27.7. The van der Waals surface area contributed by atoms with E-state index >= 15 is 0 Å². The average molecular weight is 505 g/mol. The van der Waals surface area contributed by atoms with Gasteiger partial charge in [-0.2, -0.15) is 0 Å². The predicted molar refractivity (Wildman–Crippen MR) is 128 cm³/mol. The normalized spacial score (nSPS) is 27.3. The summed E-state index contributed by atoms with van der Waals surface area (Å²) in [6.07, 6.45) is -5.83. The molecule has 2 saturated heterocycles. The highest BCUT2D eigenvalue weighted by Gasteiger charge is 2.44. The molecule has 3 amide bonds. The summed E-state index contributed by atoms with van der Waals surface area (Å²) in [5.41, 5.74) is 2.64. The number of carbonyl (C=O) groups excluding carboxylic acids is 2. The zero-order chi connectivity index (χ0) is 25.4. The summed E-state index contributed by atoms with van der Waals surface area (Å²) < 4.78 is 5.65. The number of halogens is 1. The number of hydrogen-bond donors (Lipinski definition) is 4. The first-order valence-corrected chi connectivity index (χ1v) is 11.8. The van der Waals surface area contributed by atoms with E-state index in [2.05, 4.69) is 0 Å². The van der Waals surface area contributed by atoms with E-state index in [-0.39, 0.29) is 24.5 Å². The molecule has 10 heteroatoms. The minimum Gasteiger partial charge on any atom is -0.394 e. The van der Waals surface area contributed by atoms with E-state index in [1.807, 2.05) is 26.0 Å². The molecule has 2 heterocycles. The minimum absolute atomic E-state index is 0.0542. The number of rotatable bonds is 6. The zero-order valence-electron chi connectivity index (χ0n) is 19.4. The van der Waals surface area contributed by atoms with Gasteiger partial charge in [-0.25, -0.2) is 9.69 Å². The van der Waals surface area contributed by atoms with Gasteiger partial charge >= 0.3 is 6.03 Å². The number of imide groups is 1. The largest absolute Gasteiger partial charge is 0.394 e. The van der Waals surface area contributed by atoms with Crippen LogP contribution in [-0.2, 0) is 16.0 Å². The van der Waals surface area contributed by atoms with E-state index in [9.17, 15) is 30.0 Å². The van der Waals surface area contributed by atoms with Crippen LogP contribution >= 0.6 is 11.6 Å². The highest BCUT2D eigenvalue weighted by atomic mass is 35.5. The Bertz CT molecular complexity index is 1090. The predicted octanol–water partition coefficient (Wildman–Crippen LogP) is 1.62. The lowest BCUT2D eigenvalue weighted by atomic mass is 9.90. The molecule has 2 fully saturated rings. The molecule has 2 aromatic carbocycles. The van der Waals surface area contributed by atoms with Crippen molar-refractivity contribution >= 4 is 29.2 Å². The zero-order valence-corrected chi connectivity index (χ0v) is 20.2. The molecule has 2 aliphatic heterocycles. The molecule has 4 N–H and O–H groups in total. The van der Waals surface area contributed by atoms with E-state index in [0.29, 0.717) is 22.7 Å². The Hall–Kier alpha value is -2.53. The van der Waals surface area contributed by atoms with Gasteiger partial charge in [-0.3, -0.25) is 4.79 Å². The van der Waals surface area contributed by atoms with Crippen LogP contribution in [0, 0.1) is 0 Å².